The minimum absolute atomic E-state index is 0.113. The summed E-state index contributed by atoms with van der Waals surface area (Å²) in [5.74, 6) is -0.113. The number of aryl methyl sites for hydroxylation is 3. The summed E-state index contributed by atoms with van der Waals surface area (Å²) in [6.45, 7) is 6.17. The Labute approximate surface area is 129 Å². The molecule has 1 heterocycles. The quantitative estimate of drug-likeness (QED) is 0.905. The highest BCUT2D eigenvalue weighted by molar-refractivity contribution is 6.33. The van der Waals surface area contributed by atoms with Crippen LogP contribution in [0.15, 0.2) is 30.6 Å². The fourth-order valence-corrected chi connectivity index (χ4v) is 2.44. The highest BCUT2D eigenvalue weighted by Crippen LogP contribution is 2.22. The summed E-state index contributed by atoms with van der Waals surface area (Å²) in [4.78, 5) is 16.0. The molecule has 21 heavy (non-hydrogen) atoms. The molecule has 5 heteroatoms. The highest BCUT2D eigenvalue weighted by Gasteiger charge is 2.09. The molecule has 0 aliphatic rings. The van der Waals surface area contributed by atoms with E-state index in [9.17, 15) is 4.79 Å². The molecule has 0 aliphatic carbocycles. The van der Waals surface area contributed by atoms with Gasteiger partial charge in [-0.05, 0) is 38.0 Å². The lowest BCUT2D eigenvalue weighted by atomic mass is 10.1. The molecule has 110 valence electrons. The summed E-state index contributed by atoms with van der Waals surface area (Å²) in [6, 6.07) is 5.84. The molecule has 4 nitrogen and oxygen atoms in total. The summed E-state index contributed by atoms with van der Waals surface area (Å²) < 4.78 is 0. The zero-order valence-electron chi connectivity index (χ0n) is 12.3. The molecule has 0 fully saturated rings. The van der Waals surface area contributed by atoms with Crippen LogP contribution < -0.4 is 10.6 Å². The average molecular weight is 304 g/mol. The number of nitrogens with zero attached hydrogens (tertiary/aromatic N) is 1. The molecule has 1 aromatic heterocycles. The average Bonchev–Trinajstić information content (AvgIpc) is 2.42. The first-order valence-corrected chi connectivity index (χ1v) is 7.06. The van der Waals surface area contributed by atoms with Gasteiger partial charge in [0.25, 0.3) is 0 Å². The molecule has 0 atom stereocenters. The van der Waals surface area contributed by atoms with Gasteiger partial charge in [-0.25, -0.2) is 0 Å². The molecule has 0 spiro atoms. The molecule has 0 saturated heterocycles. The van der Waals surface area contributed by atoms with Crippen molar-refractivity contribution in [3.05, 3.63) is 52.3 Å². The van der Waals surface area contributed by atoms with E-state index in [2.05, 4.69) is 27.8 Å². The number of pyridine rings is 1. The van der Waals surface area contributed by atoms with Gasteiger partial charge in [-0.2, -0.15) is 0 Å². The molecular weight excluding hydrogens is 286 g/mol. The van der Waals surface area contributed by atoms with Crippen molar-refractivity contribution < 1.29 is 4.79 Å². The van der Waals surface area contributed by atoms with Gasteiger partial charge in [0.2, 0.25) is 5.91 Å². The number of rotatable bonds is 4. The molecule has 0 radical (unpaired) electrons. The molecule has 2 N–H and O–H groups in total. The van der Waals surface area contributed by atoms with E-state index in [1.165, 1.54) is 11.8 Å². The van der Waals surface area contributed by atoms with Gasteiger partial charge >= 0.3 is 0 Å². The number of hydrogen-bond donors (Lipinski definition) is 2. The number of carbonyl (C=O) groups is 1. The van der Waals surface area contributed by atoms with Crippen LogP contribution in [0, 0.1) is 20.8 Å². The largest absolute Gasteiger partial charge is 0.375 e. The van der Waals surface area contributed by atoms with Gasteiger partial charge in [-0.15, -0.1) is 0 Å². The summed E-state index contributed by atoms with van der Waals surface area (Å²) in [7, 11) is 0. The van der Waals surface area contributed by atoms with E-state index in [0.29, 0.717) is 10.7 Å². The SMILES string of the molecule is Cc1cc(C)c(NC(=O)CNc2ccncc2Cl)c(C)c1. The standard InChI is InChI=1S/C16H18ClN3O/c1-10-6-11(2)16(12(3)7-10)20-15(21)9-19-14-4-5-18-8-13(14)17/h4-8H,9H2,1-3H3,(H,18,19)(H,20,21). The number of aromatic nitrogens is 1. The van der Waals surface area contributed by atoms with Gasteiger partial charge in [0.05, 0.1) is 17.3 Å². The van der Waals surface area contributed by atoms with Crippen molar-refractivity contribution in [2.75, 3.05) is 17.2 Å². The first-order chi connectivity index (χ1) is 9.97. The Bertz CT molecular complexity index is 647. The second-order valence-corrected chi connectivity index (χ2v) is 5.44. The van der Waals surface area contributed by atoms with Crippen molar-refractivity contribution in [3.8, 4) is 0 Å². The van der Waals surface area contributed by atoms with Crippen LogP contribution in [-0.2, 0) is 4.79 Å². The third-order valence-corrected chi connectivity index (χ3v) is 3.45. The minimum Gasteiger partial charge on any atom is -0.375 e. The lowest BCUT2D eigenvalue weighted by molar-refractivity contribution is -0.114. The van der Waals surface area contributed by atoms with Gasteiger partial charge in [-0.1, -0.05) is 29.3 Å². The number of carbonyl (C=O) groups excluding carboxylic acids is 1. The molecule has 1 aromatic carbocycles. The maximum Gasteiger partial charge on any atom is 0.243 e. The van der Waals surface area contributed by atoms with Crippen LogP contribution in [0.3, 0.4) is 0 Å². The second kappa shape index (κ2) is 6.59. The second-order valence-electron chi connectivity index (χ2n) is 5.03. The van der Waals surface area contributed by atoms with Gasteiger partial charge in [-0.3, -0.25) is 9.78 Å². The first kappa shape index (κ1) is 15.3. The number of halogens is 1. The number of anilines is 2. The third-order valence-electron chi connectivity index (χ3n) is 3.15. The lowest BCUT2D eigenvalue weighted by Gasteiger charge is -2.13. The fraction of sp³-hybridized carbons (Fsp3) is 0.250. The van der Waals surface area contributed by atoms with Crippen LogP contribution in [0.25, 0.3) is 0 Å². The van der Waals surface area contributed by atoms with Crippen LogP contribution in [0.4, 0.5) is 11.4 Å². The van der Waals surface area contributed by atoms with E-state index in [1.807, 2.05) is 20.8 Å². The number of nitrogens with one attached hydrogen (secondary N) is 2. The molecule has 0 saturated carbocycles. The number of hydrogen-bond acceptors (Lipinski definition) is 3. The maximum absolute atomic E-state index is 12.1. The van der Waals surface area contributed by atoms with Gasteiger partial charge in [0, 0.05) is 18.1 Å². The van der Waals surface area contributed by atoms with Crippen molar-refractivity contribution in [2.45, 2.75) is 20.8 Å². The monoisotopic (exact) mass is 303 g/mol. The van der Waals surface area contributed by atoms with Crippen LogP contribution in [-0.4, -0.2) is 17.4 Å². The van der Waals surface area contributed by atoms with Crippen LogP contribution in [0.5, 0.6) is 0 Å². The zero-order chi connectivity index (χ0) is 15.4. The summed E-state index contributed by atoms with van der Waals surface area (Å²) >= 11 is 5.98. The molecular formula is C16H18ClN3O. The Morgan fingerprint density at radius 3 is 2.52 bits per heavy atom. The lowest BCUT2D eigenvalue weighted by Crippen LogP contribution is -2.22. The maximum atomic E-state index is 12.1. The summed E-state index contributed by atoms with van der Waals surface area (Å²) in [5.41, 5.74) is 4.86. The summed E-state index contributed by atoms with van der Waals surface area (Å²) in [5, 5.41) is 6.43. The van der Waals surface area contributed by atoms with Crippen molar-refractivity contribution >= 4 is 28.9 Å². The van der Waals surface area contributed by atoms with Crippen LogP contribution >= 0.6 is 11.6 Å². The minimum atomic E-state index is -0.113. The van der Waals surface area contributed by atoms with Crippen molar-refractivity contribution in [1.29, 1.82) is 0 Å². The van der Waals surface area contributed by atoms with E-state index >= 15 is 0 Å². The Kier molecular flexibility index (Phi) is 4.81. The van der Waals surface area contributed by atoms with E-state index in [-0.39, 0.29) is 12.5 Å². The van der Waals surface area contributed by atoms with Crippen LogP contribution in [0.2, 0.25) is 5.02 Å². The third kappa shape index (κ3) is 3.95. The molecule has 0 bridgehead atoms. The van der Waals surface area contributed by atoms with E-state index in [0.717, 1.165) is 16.8 Å². The van der Waals surface area contributed by atoms with Gasteiger partial charge in [0.15, 0.2) is 0 Å². The molecule has 0 aliphatic heterocycles. The van der Waals surface area contributed by atoms with E-state index < -0.39 is 0 Å². The Morgan fingerprint density at radius 1 is 1.24 bits per heavy atom. The van der Waals surface area contributed by atoms with Crippen molar-refractivity contribution in [1.82, 2.24) is 4.98 Å². The topological polar surface area (TPSA) is 54.0 Å². The number of benzene rings is 1. The number of amides is 1. The molecule has 2 rings (SSSR count). The summed E-state index contributed by atoms with van der Waals surface area (Å²) in [6.07, 6.45) is 3.16. The fourth-order valence-electron chi connectivity index (χ4n) is 2.25. The van der Waals surface area contributed by atoms with Crippen molar-refractivity contribution in [2.24, 2.45) is 0 Å². The highest BCUT2D eigenvalue weighted by atomic mass is 35.5. The van der Waals surface area contributed by atoms with Crippen molar-refractivity contribution in [3.63, 3.8) is 0 Å². The molecule has 2 aromatic rings. The predicted octanol–water partition coefficient (Wildman–Crippen LogP) is 3.71. The van der Waals surface area contributed by atoms with Gasteiger partial charge in [0.1, 0.15) is 0 Å². The first-order valence-electron chi connectivity index (χ1n) is 6.68. The van der Waals surface area contributed by atoms with E-state index in [1.54, 1.807) is 12.3 Å². The Hall–Kier alpha value is -2.07. The Morgan fingerprint density at radius 2 is 1.90 bits per heavy atom. The smallest absolute Gasteiger partial charge is 0.243 e. The molecule has 0 unspecified atom stereocenters. The zero-order valence-corrected chi connectivity index (χ0v) is 13.1. The normalized spacial score (nSPS) is 10.3. The molecule has 1 amide bonds. The van der Waals surface area contributed by atoms with Gasteiger partial charge < -0.3 is 10.6 Å². The Balaban J connectivity index is 2.01. The van der Waals surface area contributed by atoms with E-state index in [4.69, 9.17) is 11.6 Å². The predicted molar refractivity (Wildman–Crippen MR) is 87.0 cm³/mol. The van der Waals surface area contributed by atoms with Crippen LogP contribution in [0.1, 0.15) is 16.7 Å².